The number of Topliss-reactive ketones (excluding diaryl/α,β-unsaturated/α-hetero) is 1. The monoisotopic (exact) mass is 1100 g/mol. The van der Waals surface area contributed by atoms with Crippen molar-refractivity contribution in [3.05, 3.63) is 186 Å². The maximum Gasteiger partial charge on any atom is 0.573 e. The van der Waals surface area contributed by atoms with Crippen molar-refractivity contribution in [2.75, 3.05) is 32.8 Å². The highest BCUT2D eigenvalue weighted by atomic mass is 35.5. The van der Waals surface area contributed by atoms with Gasteiger partial charge in [0.25, 0.3) is 0 Å². The van der Waals surface area contributed by atoms with E-state index >= 15 is 0 Å². The molecule has 4 aliphatic heterocycles. The molecule has 20 heteroatoms. The normalized spacial score (nSPS) is 19.9. The van der Waals surface area contributed by atoms with Crippen LogP contribution in [0.4, 0.5) is 26.3 Å². The zero-order valence-corrected chi connectivity index (χ0v) is 41.8. The third kappa shape index (κ3) is 12.1. The number of ketones is 1. The molecule has 4 unspecified atom stereocenters. The highest BCUT2D eigenvalue weighted by Gasteiger charge is 2.51. The zero-order valence-electron chi connectivity index (χ0n) is 38.8. The number of aliphatic hydroxyl groups excluding tert-OH is 1. The van der Waals surface area contributed by atoms with Gasteiger partial charge in [0, 0.05) is 69.8 Å². The molecule has 2 fully saturated rings. The average molecular weight is 1110 g/mol. The fraction of sp³-hybridized carbons (Fsp3) is 0.352. The molecule has 2 aromatic heterocycles. The number of nitrogens with zero attached hydrogens (tertiary/aromatic N) is 4. The predicted molar refractivity (Wildman–Crippen MR) is 268 cm³/mol. The second-order valence-electron chi connectivity index (χ2n) is 18.3. The number of carbonyl (C=O) groups is 1. The number of halogens is 10. The quantitative estimate of drug-likeness (QED) is 0.133. The topological polar surface area (TPSA) is 106 Å². The molecule has 4 aliphatic rings. The molecule has 2 saturated heterocycles. The molecule has 0 bridgehead atoms. The van der Waals surface area contributed by atoms with Crippen LogP contribution in [0, 0.1) is 0 Å². The lowest BCUT2D eigenvalue weighted by Gasteiger charge is -2.42. The molecule has 10 rings (SSSR count). The van der Waals surface area contributed by atoms with Crippen LogP contribution in [0.25, 0.3) is 0 Å². The zero-order chi connectivity index (χ0) is 51.9. The van der Waals surface area contributed by atoms with Crippen LogP contribution >= 0.6 is 46.4 Å². The first-order valence-corrected chi connectivity index (χ1v) is 24.7. The summed E-state index contributed by atoms with van der Waals surface area (Å²) in [5, 5.41) is 12.2. The summed E-state index contributed by atoms with van der Waals surface area (Å²) in [6.07, 6.45) is -4.33. The molecule has 1 N–H and O–H groups in total. The Labute approximate surface area is 444 Å². The molecule has 0 radical (unpaired) electrons. The third-order valence-electron chi connectivity index (χ3n) is 13.7. The van der Waals surface area contributed by atoms with E-state index in [2.05, 4.69) is 24.3 Å². The largest absolute Gasteiger partial charge is 0.573 e. The first-order chi connectivity index (χ1) is 34.7. The highest BCUT2D eigenvalue weighted by molar-refractivity contribution is 6.35. The number of hydrogen-bond acceptors (Lipinski definition) is 10. The maximum atomic E-state index is 12.6. The Morgan fingerprint density at radius 3 is 1.38 bits per heavy atom. The van der Waals surface area contributed by atoms with E-state index in [-0.39, 0.29) is 49.6 Å². The van der Waals surface area contributed by atoms with Crippen molar-refractivity contribution in [3.8, 4) is 11.5 Å². The Kier molecular flexibility index (Phi) is 16.6. The van der Waals surface area contributed by atoms with Gasteiger partial charge in [-0.1, -0.05) is 90.2 Å². The SMILES string of the molecule is C.CC(=O)C(c1ccc(OC(F)(F)F)cc1)N1CCC2(CC1)OC(c1cc(Cl)cc(Cl)c1)c1cccnc12.OCC(c1ccc(OC(F)(F)F)cc1)N1CCC2(CC1)OC(c1cc(Cl)cc(Cl)c1)c1cccnc12. The Bertz CT molecular complexity index is 2900. The molecule has 6 aromatic rings. The summed E-state index contributed by atoms with van der Waals surface area (Å²) < 4.78 is 96.4. The molecule has 0 aliphatic carbocycles. The lowest BCUT2D eigenvalue weighted by Crippen LogP contribution is -2.46. The standard InChI is InChI=1S/C27H23Cl2F3N2O3.C26H23Cl2F3N2O3.CH4/c1-16(35)23(17-4-6-21(7-5-17)36-27(30,31)32)34-11-8-26(9-12-34)25-22(3-2-10-33-25)24(37-26)18-13-19(28)15-20(29)14-18;27-18-12-17(13-19(28)14-18)23-21-2-1-9-32-24(21)25(36-23)7-10-33(11-8-25)22(15-34)16-3-5-20(6-4-16)35-26(29,30)31;/h2-7,10,13-15,23-24H,8-9,11-12H2,1H3;1-6,9,12-14,22-23,34H,7-8,10-11,15H2;1H4. The van der Waals surface area contributed by atoms with Crippen molar-refractivity contribution in [1.82, 2.24) is 19.8 Å². The Morgan fingerprint density at radius 2 is 1.01 bits per heavy atom. The number of rotatable bonds is 10. The molecular formula is C54H50Cl4F6N4O6. The molecule has 2 spiro atoms. The van der Waals surface area contributed by atoms with Gasteiger partial charge in [0.1, 0.15) is 34.9 Å². The van der Waals surface area contributed by atoms with Crippen LogP contribution in [0.2, 0.25) is 20.1 Å². The minimum absolute atomic E-state index is 0. The minimum atomic E-state index is -4.78. The molecule has 4 atom stereocenters. The van der Waals surface area contributed by atoms with Gasteiger partial charge in [0.05, 0.1) is 30.1 Å². The van der Waals surface area contributed by atoms with Gasteiger partial charge >= 0.3 is 12.7 Å². The number of benzene rings is 4. The number of piperidine rings is 2. The second kappa shape index (κ2) is 22.3. The van der Waals surface area contributed by atoms with E-state index in [0.717, 1.165) is 33.6 Å². The van der Waals surface area contributed by atoms with Gasteiger partial charge in [-0.25, -0.2) is 0 Å². The van der Waals surface area contributed by atoms with Crippen LogP contribution in [0.3, 0.4) is 0 Å². The number of alkyl halides is 6. The van der Waals surface area contributed by atoms with Crippen LogP contribution < -0.4 is 9.47 Å². The summed E-state index contributed by atoms with van der Waals surface area (Å²) in [5.74, 6) is -0.724. The van der Waals surface area contributed by atoms with Gasteiger partial charge < -0.3 is 24.1 Å². The van der Waals surface area contributed by atoms with Crippen molar-refractivity contribution in [1.29, 1.82) is 0 Å². The van der Waals surface area contributed by atoms with Gasteiger partial charge in [-0.15, -0.1) is 26.3 Å². The first-order valence-electron chi connectivity index (χ1n) is 23.2. The molecule has 6 heterocycles. The van der Waals surface area contributed by atoms with Crippen LogP contribution in [-0.2, 0) is 25.5 Å². The van der Waals surface area contributed by atoms with E-state index in [9.17, 15) is 36.2 Å². The summed E-state index contributed by atoms with van der Waals surface area (Å²) in [6, 6.07) is 28.6. The molecule has 10 nitrogen and oxygen atoms in total. The summed E-state index contributed by atoms with van der Waals surface area (Å²) in [5.41, 5.74) is 5.46. The van der Waals surface area contributed by atoms with Crippen LogP contribution in [0.5, 0.6) is 11.5 Å². The third-order valence-corrected chi connectivity index (χ3v) is 14.5. The van der Waals surface area contributed by atoms with Crippen molar-refractivity contribution in [2.45, 2.75) is 88.3 Å². The van der Waals surface area contributed by atoms with Crippen molar-refractivity contribution in [3.63, 3.8) is 0 Å². The first kappa shape index (κ1) is 55.2. The fourth-order valence-corrected chi connectivity index (χ4v) is 11.7. The van der Waals surface area contributed by atoms with Crippen LogP contribution in [-0.4, -0.2) is 76.2 Å². The van der Waals surface area contributed by atoms with E-state index in [1.165, 1.54) is 43.3 Å². The number of pyridine rings is 2. The average Bonchev–Trinajstić information content (AvgIpc) is 3.83. The second-order valence-corrected chi connectivity index (χ2v) is 20.0. The van der Waals surface area contributed by atoms with E-state index in [1.807, 2.05) is 53.4 Å². The van der Waals surface area contributed by atoms with Crippen molar-refractivity contribution in [2.24, 2.45) is 0 Å². The van der Waals surface area contributed by atoms with E-state index in [1.54, 1.807) is 36.7 Å². The Morgan fingerprint density at radius 1 is 0.635 bits per heavy atom. The van der Waals surface area contributed by atoms with Gasteiger partial charge in [-0.05, 0) is 128 Å². The number of hydrogen-bond donors (Lipinski definition) is 1. The Balaban J connectivity index is 0.000000194. The molecule has 74 heavy (non-hydrogen) atoms. The number of aromatic nitrogens is 2. The highest BCUT2D eigenvalue weighted by Crippen LogP contribution is 2.53. The van der Waals surface area contributed by atoms with E-state index < -0.39 is 30.0 Å². The van der Waals surface area contributed by atoms with Gasteiger partial charge in [0.15, 0.2) is 5.78 Å². The predicted octanol–water partition coefficient (Wildman–Crippen LogP) is 14.1. The van der Waals surface area contributed by atoms with Crippen LogP contribution in [0.1, 0.15) is 109 Å². The van der Waals surface area contributed by atoms with Gasteiger partial charge in [-0.3, -0.25) is 24.6 Å². The Hall–Kier alpha value is -5.01. The van der Waals surface area contributed by atoms with E-state index in [0.29, 0.717) is 83.1 Å². The summed E-state index contributed by atoms with van der Waals surface area (Å²) in [4.78, 5) is 26.1. The molecule has 0 amide bonds. The number of carbonyl (C=O) groups excluding carboxylic acids is 1. The number of aliphatic hydroxyl groups is 1. The van der Waals surface area contributed by atoms with Crippen molar-refractivity contribution < 1.29 is 55.2 Å². The van der Waals surface area contributed by atoms with Gasteiger partial charge in [0.2, 0.25) is 0 Å². The van der Waals surface area contributed by atoms with Crippen molar-refractivity contribution >= 4 is 52.2 Å². The number of likely N-dealkylation sites (tertiary alicyclic amines) is 2. The van der Waals surface area contributed by atoms with E-state index in [4.69, 9.17) is 55.9 Å². The molecule has 4 aromatic carbocycles. The maximum absolute atomic E-state index is 12.6. The van der Waals surface area contributed by atoms with Gasteiger partial charge in [-0.2, -0.15) is 0 Å². The summed E-state index contributed by atoms with van der Waals surface area (Å²) in [7, 11) is 0. The molecular weight excluding hydrogens is 1060 g/mol. The minimum Gasteiger partial charge on any atom is -0.406 e. The lowest BCUT2D eigenvalue weighted by molar-refractivity contribution is -0.275. The molecule has 0 saturated carbocycles. The number of ether oxygens (including phenoxy) is 4. The smallest absolute Gasteiger partial charge is 0.406 e. The summed E-state index contributed by atoms with van der Waals surface area (Å²) >= 11 is 25.0. The lowest BCUT2D eigenvalue weighted by atomic mass is 9.85. The van der Waals surface area contributed by atoms with Crippen LogP contribution in [0.15, 0.2) is 122 Å². The number of fused-ring (bicyclic) bond motifs is 4. The summed E-state index contributed by atoms with van der Waals surface area (Å²) in [6.45, 7) is 3.58. The fourth-order valence-electron chi connectivity index (χ4n) is 10.6. The molecule has 392 valence electrons.